The van der Waals surface area contributed by atoms with Crippen LogP contribution in [0.25, 0.3) is 0 Å². The lowest BCUT2D eigenvalue weighted by Crippen LogP contribution is -2.57. The number of carboxylic acid groups (broad SMARTS) is 1. The molecule has 168 valence electrons. The molecular weight excluding hydrogens is 398 g/mol. The minimum atomic E-state index is -1.15. The minimum absolute atomic E-state index is 0.0393. The number of carbonyl (C=O) groups is 4. The van der Waals surface area contributed by atoms with Crippen LogP contribution in [0, 0.1) is 5.92 Å². The van der Waals surface area contributed by atoms with Gasteiger partial charge in [-0.25, -0.2) is 4.79 Å². The summed E-state index contributed by atoms with van der Waals surface area (Å²) in [6.07, 6.45) is 1.85. The summed E-state index contributed by atoms with van der Waals surface area (Å²) in [7, 11) is 0. The molecule has 0 saturated heterocycles. The summed E-state index contributed by atoms with van der Waals surface area (Å²) in [6.45, 7) is 5.62. The molecule has 0 spiro atoms. The number of unbranched alkanes of at least 4 members (excludes halogenated alkanes) is 1. The molecule has 0 radical (unpaired) electrons. The Bertz CT molecular complexity index is 559. The van der Waals surface area contributed by atoms with E-state index in [0.29, 0.717) is 25.8 Å². The molecule has 0 rings (SSSR count). The quantitative estimate of drug-likeness (QED) is 0.135. The third-order valence-electron chi connectivity index (χ3n) is 4.13. The Hall–Kier alpha value is -1.85. The highest BCUT2D eigenvalue weighted by Crippen LogP contribution is 2.06. The normalized spacial score (nSPS) is 15.1. The van der Waals surface area contributed by atoms with Crippen LogP contribution in [0.2, 0.25) is 0 Å². The molecular formula is C18H35N5O5S. The SMILES string of the molecule is CC(C)CC(NC(=O)C(CS)NC(=O)C(CCCCN)NC(=O)C(C)N)C(=O)O. The Kier molecular flexibility index (Phi) is 13.3. The highest BCUT2D eigenvalue weighted by Gasteiger charge is 2.29. The number of carbonyl (C=O) groups excluding carboxylic acids is 3. The van der Waals surface area contributed by atoms with Crippen LogP contribution in [0.5, 0.6) is 0 Å². The number of thiol groups is 1. The molecule has 0 aliphatic carbocycles. The van der Waals surface area contributed by atoms with Crippen molar-refractivity contribution in [2.24, 2.45) is 17.4 Å². The van der Waals surface area contributed by atoms with Crippen LogP contribution in [-0.4, -0.2) is 65.3 Å². The molecule has 0 aromatic carbocycles. The van der Waals surface area contributed by atoms with Gasteiger partial charge in [-0.3, -0.25) is 14.4 Å². The maximum Gasteiger partial charge on any atom is 0.326 e. The largest absolute Gasteiger partial charge is 0.480 e. The zero-order valence-corrected chi connectivity index (χ0v) is 18.2. The van der Waals surface area contributed by atoms with Crippen LogP contribution in [-0.2, 0) is 19.2 Å². The Morgan fingerprint density at radius 2 is 1.41 bits per heavy atom. The molecule has 0 aliphatic heterocycles. The first-order chi connectivity index (χ1) is 13.5. The van der Waals surface area contributed by atoms with Gasteiger partial charge in [0.25, 0.3) is 0 Å². The van der Waals surface area contributed by atoms with Crippen LogP contribution in [0.4, 0.5) is 0 Å². The van der Waals surface area contributed by atoms with E-state index in [4.69, 9.17) is 11.5 Å². The fraction of sp³-hybridized carbons (Fsp3) is 0.778. The fourth-order valence-corrected chi connectivity index (χ4v) is 2.75. The van der Waals surface area contributed by atoms with Gasteiger partial charge < -0.3 is 32.5 Å². The highest BCUT2D eigenvalue weighted by molar-refractivity contribution is 7.80. The van der Waals surface area contributed by atoms with Crippen molar-refractivity contribution in [1.82, 2.24) is 16.0 Å². The van der Waals surface area contributed by atoms with Gasteiger partial charge in [0.1, 0.15) is 18.1 Å². The molecule has 8 N–H and O–H groups in total. The molecule has 11 heteroatoms. The first-order valence-corrected chi connectivity index (χ1v) is 10.4. The van der Waals surface area contributed by atoms with E-state index in [1.54, 1.807) is 0 Å². The van der Waals surface area contributed by atoms with E-state index in [0.717, 1.165) is 0 Å². The van der Waals surface area contributed by atoms with Gasteiger partial charge in [0.05, 0.1) is 6.04 Å². The van der Waals surface area contributed by atoms with Crippen molar-refractivity contribution in [2.75, 3.05) is 12.3 Å². The van der Waals surface area contributed by atoms with Gasteiger partial charge in [0.2, 0.25) is 17.7 Å². The smallest absolute Gasteiger partial charge is 0.326 e. The van der Waals surface area contributed by atoms with E-state index < -0.39 is 47.9 Å². The standard InChI is InChI=1S/C18H35N5O5S/c1-10(2)8-13(18(27)28)22-17(26)14(9-29)23-16(25)12(6-4-5-7-19)21-15(24)11(3)20/h10-14,29H,4-9,19-20H2,1-3H3,(H,21,24)(H,22,26)(H,23,25)(H,27,28). The monoisotopic (exact) mass is 433 g/mol. The predicted molar refractivity (Wildman–Crippen MR) is 113 cm³/mol. The minimum Gasteiger partial charge on any atom is -0.480 e. The Balaban J connectivity index is 5.11. The van der Waals surface area contributed by atoms with Crippen LogP contribution < -0.4 is 27.4 Å². The topological polar surface area (TPSA) is 177 Å². The second-order valence-corrected chi connectivity index (χ2v) is 7.77. The van der Waals surface area contributed by atoms with Gasteiger partial charge in [0.15, 0.2) is 0 Å². The molecule has 29 heavy (non-hydrogen) atoms. The van der Waals surface area contributed by atoms with Gasteiger partial charge in [-0.1, -0.05) is 13.8 Å². The van der Waals surface area contributed by atoms with Gasteiger partial charge in [-0.15, -0.1) is 0 Å². The summed E-state index contributed by atoms with van der Waals surface area (Å²) in [6, 6.07) is -3.80. The molecule has 10 nitrogen and oxygen atoms in total. The van der Waals surface area contributed by atoms with Crippen LogP contribution in [0.15, 0.2) is 0 Å². The molecule has 0 bridgehead atoms. The molecule has 4 atom stereocenters. The van der Waals surface area contributed by atoms with E-state index in [-0.39, 0.29) is 18.1 Å². The highest BCUT2D eigenvalue weighted by atomic mass is 32.1. The zero-order valence-electron chi connectivity index (χ0n) is 17.3. The molecule has 3 amide bonds. The van der Waals surface area contributed by atoms with Gasteiger partial charge in [0, 0.05) is 5.75 Å². The summed E-state index contributed by atoms with van der Waals surface area (Å²) < 4.78 is 0. The van der Waals surface area contributed by atoms with Crippen molar-refractivity contribution in [2.45, 2.75) is 70.6 Å². The van der Waals surface area contributed by atoms with E-state index in [2.05, 4.69) is 28.6 Å². The van der Waals surface area contributed by atoms with Crippen molar-refractivity contribution in [1.29, 1.82) is 0 Å². The second kappa shape index (κ2) is 14.2. The zero-order chi connectivity index (χ0) is 22.6. The fourth-order valence-electron chi connectivity index (χ4n) is 2.50. The molecule has 0 aromatic heterocycles. The summed E-state index contributed by atoms with van der Waals surface area (Å²) in [5, 5.41) is 16.8. The van der Waals surface area contributed by atoms with Crippen molar-refractivity contribution in [3.05, 3.63) is 0 Å². The molecule has 0 aromatic rings. The molecule has 0 saturated carbocycles. The lowest BCUT2D eigenvalue weighted by molar-refractivity contribution is -0.142. The van der Waals surface area contributed by atoms with E-state index in [1.807, 2.05) is 13.8 Å². The van der Waals surface area contributed by atoms with E-state index in [1.165, 1.54) is 6.92 Å². The molecule has 0 heterocycles. The van der Waals surface area contributed by atoms with Crippen molar-refractivity contribution in [3.8, 4) is 0 Å². The van der Waals surface area contributed by atoms with Crippen LogP contribution in [0.1, 0.15) is 46.5 Å². The van der Waals surface area contributed by atoms with E-state index >= 15 is 0 Å². The molecule has 4 unspecified atom stereocenters. The van der Waals surface area contributed by atoms with Crippen molar-refractivity contribution < 1.29 is 24.3 Å². The Morgan fingerprint density at radius 1 is 0.897 bits per heavy atom. The lowest BCUT2D eigenvalue weighted by Gasteiger charge is -2.24. The number of nitrogens with two attached hydrogens (primary N) is 2. The summed E-state index contributed by atoms with van der Waals surface area (Å²) >= 11 is 4.08. The molecule has 0 fully saturated rings. The van der Waals surface area contributed by atoms with Crippen LogP contribution >= 0.6 is 12.6 Å². The number of amides is 3. The second-order valence-electron chi connectivity index (χ2n) is 7.41. The first kappa shape index (κ1) is 27.1. The van der Waals surface area contributed by atoms with Crippen molar-refractivity contribution in [3.63, 3.8) is 0 Å². The van der Waals surface area contributed by atoms with Gasteiger partial charge >= 0.3 is 5.97 Å². The number of hydrogen-bond acceptors (Lipinski definition) is 7. The number of carboxylic acids is 1. The average Bonchev–Trinajstić information content (AvgIpc) is 2.63. The molecule has 0 aliphatic rings. The first-order valence-electron chi connectivity index (χ1n) is 9.73. The van der Waals surface area contributed by atoms with Crippen molar-refractivity contribution >= 4 is 36.3 Å². The summed E-state index contributed by atoms with van der Waals surface area (Å²) in [5.41, 5.74) is 11.0. The maximum atomic E-state index is 12.6. The summed E-state index contributed by atoms with van der Waals surface area (Å²) in [4.78, 5) is 48.4. The Labute approximate surface area is 177 Å². The number of nitrogens with one attached hydrogen (secondary N) is 3. The summed E-state index contributed by atoms with van der Waals surface area (Å²) in [5.74, 6) is -2.85. The van der Waals surface area contributed by atoms with E-state index in [9.17, 15) is 24.3 Å². The predicted octanol–water partition coefficient (Wildman–Crippen LogP) is -1.02. The average molecular weight is 434 g/mol. The Morgan fingerprint density at radius 3 is 1.86 bits per heavy atom. The maximum absolute atomic E-state index is 12.6. The van der Waals surface area contributed by atoms with Crippen LogP contribution in [0.3, 0.4) is 0 Å². The lowest BCUT2D eigenvalue weighted by atomic mass is 10.0. The van der Waals surface area contributed by atoms with Gasteiger partial charge in [-0.05, 0) is 45.1 Å². The number of aliphatic carboxylic acids is 1. The number of hydrogen-bond donors (Lipinski definition) is 7. The van der Waals surface area contributed by atoms with Gasteiger partial charge in [-0.2, -0.15) is 12.6 Å². The third kappa shape index (κ3) is 11.1. The third-order valence-corrected chi connectivity index (χ3v) is 4.50. The number of rotatable bonds is 14.